The molecule has 3 rings (SSSR count). The largest absolute Gasteiger partial charge is 0.462 e. The van der Waals surface area contributed by atoms with E-state index in [0.717, 1.165) is 6.07 Å². The molecule has 24 heavy (non-hydrogen) atoms. The van der Waals surface area contributed by atoms with Gasteiger partial charge >= 0.3 is 5.97 Å². The van der Waals surface area contributed by atoms with Crippen molar-refractivity contribution >= 4 is 28.6 Å². The fraction of sp³-hybridized carbons (Fsp3) is 0.214. The summed E-state index contributed by atoms with van der Waals surface area (Å²) in [6.45, 7) is 1.71. The van der Waals surface area contributed by atoms with Crippen LogP contribution in [0.1, 0.15) is 17.3 Å². The average Bonchev–Trinajstić information content (AvgIpc) is 2.96. The Morgan fingerprint density at radius 2 is 2.21 bits per heavy atom. The van der Waals surface area contributed by atoms with Crippen LogP contribution >= 0.6 is 11.6 Å². The maximum Gasteiger partial charge on any atom is 0.343 e. The zero-order valence-electron chi connectivity index (χ0n) is 12.7. The van der Waals surface area contributed by atoms with Crippen molar-refractivity contribution in [2.75, 3.05) is 6.61 Å². The first-order chi connectivity index (χ1) is 11.4. The van der Waals surface area contributed by atoms with E-state index in [1.807, 2.05) is 0 Å². The number of aryl methyl sites for hydroxylation is 1. The van der Waals surface area contributed by atoms with Gasteiger partial charge in [0, 0.05) is 13.2 Å². The van der Waals surface area contributed by atoms with E-state index in [1.165, 1.54) is 21.6 Å². The minimum Gasteiger partial charge on any atom is -0.462 e. The van der Waals surface area contributed by atoms with Crippen molar-refractivity contribution in [2.24, 2.45) is 7.05 Å². The summed E-state index contributed by atoms with van der Waals surface area (Å²) in [6, 6.07) is 0.940. The van der Waals surface area contributed by atoms with E-state index < -0.39 is 22.4 Å². The van der Waals surface area contributed by atoms with Crippen LogP contribution in [0.2, 0.25) is 5.15 Å². The highest BCUT2D eigenvalue weighted by molar-refractivity contribution is 6.29. The Kier molecular flexibility index (Phi) is 4.02. The molecule has 124 valence electrons. The molecule has 0 bridgehead atoms. The number of esters is 1. The molecular formula is C14H11ClFN5O3. The number of aromatic nitrogens is 5. The van der Waals surface area contributed by atoms with Crippen LogP contribution in [-0.4, -0.2) is 37.1 Å². The van der Waals surface area contributed by atoms with Gasteiger partial charge in [-0.05, 0) is 13.0 Å². The van der Waals surface area contributed by atoms with Crippen LogP contribution in [0.4, 0.5) is 4.39 Å². The van der Waals surface area contributed by atoms with Gasteiger partial charge in [-0.1, -0.05) is 16.8 Å². The van der Waals surface area contributed by atoms with Gasteiger partial charge in [-0.3, -0.25) is 9.36 Å². The van der Waals surface area contributed by atoms with Crippen molar-refractivity contribution in [1.29, 1.82) is 0 Å². The van der Waals surface area contributed by atoms with E-state index in [2.05, 4.69) is 15.3 Å². The van der Waals surface area contributed by atoms with E-state index in [4.69, 9.17) is 16.3 Å². The lowest BCUT2D eigenvalue weighted by Crippen LogP contribution is -2.22. The van der Waals surface area contributed by atoms with Gasteiger partial charge < -0.3 is 4.74 Å². The smallest absolute Gasteiger partial charge is 0.343 e. The number of fused-ring (bicyclic) bond motifs is 1. The molecule has 0 aliphatic rings. The molecule has 0 aromatic carbocycles. The van der Waals surface area contributed by atoms with E-state index >= 15 is 0 Å². The minimum absolute atomic E-state index is 0.0739. The maximum atomic E-state index is 13.8. The van der Waals surface area contributed by atoms with Crippen molar-refractivity contribution in [2.45, 2.75) is 6.92 Å². The van der Waals surface area contributed by atoms with Gasteiger partial charge in [0.2, 0.25) is 5.43 Å². The summed E-state index contributed by atoms with van der Waals surface area (Å²) in [5.74, 6) is -1.28. The lowest BCUT2D eigenvalue weighted by Gasteiger charge is -2.12. The second-order valence-corrected chi connectivity index (χ2v) is 5.17. The highest BCUT2D eigenvalue weighted by Crippen LogP contribution is 2.20. The summed E-state index contributed by atoms with van der Waals surface area (Å²) < 4.78 is 21.4. The zero-order chi connectivity index (χ0) is 17.4. The summed E-state index contributed by atoms with van der Waals surface area (Å²) in [6.07, 6.45) is 2.65. The number of hydrogen-bond donors (Lipinski definition) is 0. The molecule has 0 saturated heterocycles. The highest BCUT2D eigenvalue weighted by atomic mass is 35.5. The summed E-state index contributed by atoms with van der Waals surface area (Å²) in [5.41, 5.74) is -0.878. The maximum absolute atomic E-state index is 13.8. The number of pyridine rings is 2. The first-order valence-electron chi connectivity index (χ1n) is 6.87. The first-order valence-corrected chi connectivity index (χ1v) is 7.25. The highest BCUT2D eigenvalue weighted by Gasteiger charge is 2.20. The zero-order valence-corrected chi connectivity index (χ0v) is 13.4. The summed E-state index contributed by atoms with van der Waals surface area (Å²) in [5, 5.41) is 7.03. The molecule has 0 unspecified atom stereocenters. The molecule has 0 aliphatic carbocycles. The quantitative estimate of drug-likeness (QED) is 0.524. The monoisotopic (exact) mass is 351 g/mol. The third kappa shape index (κ3) is 2.52. The topological polar surface area (TPSA) is 91.9 Å². The Balaban J connectivity index is 2.43. The fourth-order valence-electron chi connectivity index (χ4n) is 2.23. The predicted octanol–water partition coefficient (Wildman–Crippen LogP) is 1.48. The van der Waals surface area contributed by atoms with Crippen LogP contribution in [-0.2, 0) is 11.8 Å². The predicted molar refractivity (Wildman–Crippen MR) is 82.8 cm³/mol. The fourth-order valence-corrected chi connectivity index (χ4v) is 2.37. The second-order valence-electron chi connectivity index (χ2n) is 4.81. The van der Waals surface area contributed by atoms with Crippen LogP contribution in [0, 0.1) is 5.82 Å². The normalized spacial score (nSPS) is 11.0. The number of carbonyl (C=O) groups excluding carboxylic acids is 1. The van der Waals surface area contributed by atoms with Crippen LogP contribution in [0.5, 0.6) is 0 Å². The Morgan fingerprint density at radius 1 is 1.46 bits per heavy atom. The summed E-state index contributed by atoms with van der Waals surface area (Å²) in [4.78, 5) is 28.5. The molecule has 0 amide bonds. The SMILES string of the molecule is CCOC(=O)c1cn(-c2cnnn2C)c2nc(Cl)c(F)cc2c1=O. The van der Waals surface area contributed by atoms with Crippen LogP contribution in [0.25, 0.3) is 16.9 Å². The molecule has 8 nitrogen and oxygen atoms in total. The molecule has 0 atom stereocenters. The number of nitrogens with zero attached hydrogens (tertiary/aromatic N) is 5. The van der Waals surface area contributed by atoms with Crippen molar-refractivity contribution < 1.29 is 13.9 Å². The Labute approximate surface area is 139 Å². The average molecular weight is 352 g/mol. The molecule has 0 radical (unpaired) electrons. The van der Waals surface area contributed by atoms with Gasteiger partial charge in [-0.2, -0.15) is 0 Å². The van der Waals surface area contributed by atoms with Crippen molar-refractivity contribution in [1.82, 2.24) is 24.5 Å². The van der Waals surface area contributed by atoms with Crippen LogP contribution in [0.15, 0.2) is 23.3 Å². The molecule has 0 aliphatic heterocycles. The Morgan fingerprint density at radius 3 is 2.83 bits per heavy atom. The number of rotatable bonds is 3. The Hall–Kier alpha value is -2.81. The van der Waals surface area contributed by atoms with E-state index in [1.54, 1.807) is 14.0 Å². The molecule has 0 spiro atoms. The van der Waals surface area contributed by atoms with Gasteiger partial charge in [-0.15, -0.1) is 5.10 Å². The second kappa shape index (κ2) is 6.00. The Bertz CT molecular complexity index is 1010. The number of carbonyl (C=O) groups is 1. The van der Waals surface area contributed by atoms with E-state index in [9.17, 15) is 14.0 Å². The van der Waals surface area contributed by atoms with Gasteiger partial charge in [0.05, 0.1) is 18.2 Å². The number of halogens is 2. The molecule has 3 heterocycles. The standard InChI is InChI=1S/C14H11ClFN5O3/c1-3-24-14(23)8-6-21(10-5-17-19-20(10)2)13-7(11(8)22)4-9(16)12(15)18-13/h4-6H,3H2,1-2H3. The number of ether oxygens (including phenoxy) is 1. The molecule has 0 fully saturated rings. The van der Waals surface area contributed by atoms with Crippen molar-refractivity contribution in [3.8, 4) is 5.82 Å². The molecule has 3 aromatic heterocycles. The van der Waals surface area contributed by atoms with Gasteiger partial charge in [0.25, 0.3) is 0 Å². The van der Waals surface area contributed by atoms with Gasteiger partial charge in [0.15, 0.2) is 22.4 Å². The minimum atomic E-state index is -0.864. The molecule has 0 saturated carbocycles. The number of hydrogen-bond acceptors (Lipinski definition) is 6. The van der Waals surface area contributed by atoms with Crippen molar-refractivity contribution in [3.63, 3.8) is 0 Å². The third-order valence-electron chi connectivity index (χ3n) is 3.32. The van der Waals surface area contributed by atoms with E-state index in [0.29, 0.717) is 5.82 Å². The lowest BCUT2D eigenvalue weighted by molar-refractivity contribution is 0.0524. The molecule has 3 aromatic rings. The third-order valence-corrected chi connectivity index (χ3v) is 3.59. The molecule has 10 heteroatoms. The molecular weight excluding hydrogens is 341 g/mol. The summed E-state index contributed by atoms with van der Waals surface area (Å²) >= 11 is 5.73. The first kappa shape index (κ1) is 16.1. The van der Waals surface area contributed by atoms with E-state index in [-0.39, 0.29) is 23.2 Å². The summed E-state index contributed by atoms with van der Waals surface area (Å²) in [7, 11) is 1.61. The van der Waals surface area contributed by atoms with Gasteiger partial charge in [-0.25, -0.2) is 18.9 Å². The van der Waals surface area contributed by atoms with Gasteiger partial charge in [0.1, 0.15) is 5.56 Å². The van der Waals surface area contributed by atoms with Crippen LogP contribution < -0.4 is 5.43 Å². The lowest BCUT2D eigenvalue weighted by atomic mass is 10.2. The van der Waals surface area contributed by atoms with Crippen LogP contribution in [0.3, 0.4) is 0 Å². The molecule has 0 N–H and O–H groups in total. The van der Waals surface area contributed by atoms with Crippen molar-refractivity contribution in [3.05, 3.63) is 45.2 Å².